The van der Waals surface area contributed by atoms with Crippen molar-refractivity contribution in [1.82, 2.24) is 20.0 Å². The Morgan fingerprint density at radius 3 is 2.55 bits per heavy atom. The molecule has 0 fully saturated rings. The molecule has 1 aromatic heterocycles. The highest BCUT2D eigenvalue weighted by Crippen LogP contribution is 2.09. The summed E-state index contributed by atoms with van der Waals surface area (Å²) in [6.07, 6.45) is 0.373. The number of halogens is 4. The van der Waals surface area contributed by atoms with E-state index in [0.717, 1.165) is 30.8 Å². The maximum absolute atomic E-state index is 12.3. The van der Waals surface area contributed by atoms with Crippen molar-refractivity contribution in [3.63, 3.8) is 0 Å². The van der Waals surface area contributed by atoms with Gasteiger partial charge in [0, 0.05) is 17.8 Å². The van der Waals surface area contributed by atoms with Gasteiger partial charge in [0.2, 0.25) is 0 Å². The Bertz CT molecular complexity index is 359. The van der Waals surface area contributed by atoms with E-state index in [2.05, 4.69) is 15.3 Å². The smallest absolute Gasteiger partial charge is 0.257 e. The molecule has 0 bridgehead atoms. The minimum atomic E-state index is -2.36. The minimum Gasteiger partial charge on any atom is -0.312 e. The van der Waals surface area contributed by atoms with Gasteiger partial charge in [-0.2, -0.15) is 5.10 Å². The summed E-state index contributed by atoms with van der Waals surface area (Å²) in [5.74, 6) is 0. The van der Waals surface area contributed by atoms with Crippen molar-refractivity contribution in [3.05, 3.63) is 17.5 Å². The van der Waals surface area contributed by atoms with Gasteiger partial charge in [0.25, 0.3) is 6.43 Å². The zero-order valence-corrected chi connectivity index (χ0v) is 13.7. The second-order valence-corrected chi connectivity index (χ2v) is 4.66. The summed E-state index contributed by atoms with van der Waals surface area (Å²) in [5.41, 5.74) is 1.80. The predicted molar refractivity (Wildman–Crippen MR) is 82.3 cm³/mol. The lowest BCUT2D eigenvalue weighted by atomic mass is 10.2. The molecular weight excluding hydrogens is 309 g/mol. The van der Waals surface area contributed by atoms with Crippen LogP contribution in [0.3, 0.4) is 0 Å². The van der Waals surface area contributed by atoms with E-state index in [4.69, 9.17) is 0 Å². The third-order valence-electron chi connectivity index (χ3n) is 2.79. The van der Waals surface area contributed by atoms with Crippen LogP contribution in [0.4, 0.5) is 8.78 Å². The summed E-state index contributed by atoms with van der Waals surface area (Å²) in [6, 6.07) is 0. The second-order valence-electron chi connectivity index (χ2n) is 4.66. The van der Waals surface area contributed by atoms with Gasteiger partial charge in [0.05, 0.1) is 6.20 Å². The van der Waals surface area contributed by atoms with Gasteiger partial charge in [0.15, 0.2) is 0 Å². The molecule has 0 saturated heterocycles. The molecule has 4 nitrogen and oxygen atoms in total. The monoisotopic (exact) mass is 332 g/mol. The fourth-order valence-electron chi connectivity index (χ4n) is 1.72. The molecule has 8 heteroatoms. The van der Waals surface area contributed by atoms with Crippen molar-refractivity contribution in [2.24, 2.45) is 0 Å². The van der Waals surface area contributed by atoms with Crippen LogP contribution in [0, 0.1) is 6.92 Å². The van der Waals surface area contributed by atoms with Gasteiger partial charge >= 0.3 is 0 Å². The van der Waals surface area contributed by atoms with E-state index in [0.29, 0.717) is 6.54 Å². The molecule has 0 amide bonds. The summed E-state index contributed by atoms with van der Waals surface area (Å²) in [4.78, 5) is 2.13. The number of hydrogen-bond donors (Lipinski definition) is 1. The second kappa shape index (κ2) is 11.3. The quantitative estimate of drug-likeness (QED) is 0.742. The van der Waals surface area contributed by atoms with E-state index < -0.39 is 6.43 Å². The fraction of sp³-hybridized carbons (Fsp3) is 0.750. The summed E-state index contributed by atoms with van der Waals surface area (Å²) in [5, 5.41) is 7.27. The van der Waals surface area contributed by atoms with Crippen LogP contribution < -0.4 is 5.32 Å². The van der Waals surface area contributed by atoms with Gasteiger partial charge in [0.1, 0.15) is 6.54 Å². The molecule has 0 saturated carbocycles. The standard InChI is InChI=1S/C12H22F2N4.2ClH/c1-10-11(7-15-5-4-6-17(2)3)8-16-18(10)9-12(13)14;;/h8,12,15H,4-7,9H2,1-3H3;2*1H. The molecule has 0 aliphatic heterocycles. The molecule has 0 aliphatic carbocycles. The molecule has 0 unspecified atom stereocenters. The van der Waals surface area contributed by atoms with Gasteiger partial charge in [-0.1, -0.05) is 0 Å². The third kappa shape index (κ3) is 7.99. The van der Waals surface area contributed by atoms with Crippen molar-refractivity contribution >= 4 is 24.8 Å². The van der Waals surface area contributed by atoms with E-state index in [1.54, 1.807) is 6.20 Å². The van der Waals surface area contributed by atoms with Crippen LogP contribution in [0.15, 0.2) is 6.20 Å². The van der Waals surface area contributed by atoms with Crippen LogP contribution in [-0.2, 0) is 13.1 Å². The zero-order valence-electron chi connectivity index (χ0n) is 12.1. The molecule has 0 aliphatic rings. The Labute approximate surface area is 131 Å². The average molecular weight is 333 g/mol. The van der Waals surface area contributed by atoms with Gasteiger partial charge < -0.3 is 10.2 Å². The molecule has 20 heavy (non-hydrogen) atoms. The fourth-order valence-corrected chi connectivity index (χ4v) is 1.72. The average Bonchev–Trinajstić information content (AvgIpc) is 2.60. The predicted octanol–water partition coefficient (Wildman–Crippen LogP) is 2.34. The highest BCUT2D eigenvalue weighted by molar-refractivity contribution is 5.85. The maximum Gasteiger partial charge on any atom is 0.257 e. The van der Waals surface area contributed by atoms with Crippen LogP contribution >= 0.6 is 24.8 Å². The molecule has 1 rings (SSSR count). The van der Waals surface area contributed by atoms with Gasteiger partial charge in [-0.15, -0.1) is 24.8 Å². The number of rotatable bonds is 8. The highest BCUT2D eigenvalue weighted by atomic mass is 35.5. The first-order valence-electron chi connectivity index (χ1n) is 6.15. The van der Waals surface area contributed by atoms with Crippen molar-refractivity contribution in [2.45, 2.75) is 32.9 Å². The maximum atomic E-state index is 12.3. The van der Waals surface area contributed by atoms with E-state index in [1.165, 1.54) is 4.68 Å². The van der Waals surface area contributed by atoms with E-state index in [1.807, 2.05) is 21.0 Å². The largest absolute Gasteiger partial charge is 0.312 e. The van der Waals surface area contributed by atoms with Crippen LogP contribution in [0.25, 0.3) is 0 Å². The molecule has 1 aromatic rings. The zero-order chi connectivity index (χ0) is 13.5. The number of nitrogens with zero attached hydrogens (tertiary/aromatic N) is 3. The molecule has 0 radical (unpaired) electrons. The third-order valence-corrected chi connectivity index (χ3v) is 2.79. The Kier molecular flexibility index (Phi) is 12.3. The first kappa shape index (κ1) is 21.9. The number of nitrogens with one attached hydrogen (secondary N) is 1. The Hall–Kier alpha value is -0.430. The molecule has 1 heterocycles. The summed E-state index contributed by atoms with van der Waals surface area (Å²) < 4.78 is 25.9. The van der Waals surface area contributed by atoms with E-state index in [9.17, 15) is 8.78 Å². The number of alkyl halides is 2. The topological polar surface area (TPSA) is 33.1 Å². The van der Waals surface area contributed by atoms with Gasteiger partial charge in [-0.3, -0.25) is 4.68 Å². The van der Waals surface area contributed by atoms with Crippen LogP contribution in [0.1, 0.15) is 17.7 Å². The SMILES string of the molecule is Cc1c(CNCCCN(C)C)cnn1CC(F)F.Cl.Cl. The Morgan fingerprint density at radius 2 is 2.00 bits per heavy atom. The van der Waals surface area contributed by atoms with Gasteiger partial charge in [-0.25, -0.2) is 8.78 Å². The first-order valence-corrected chi connectivity index (χ1v) is 6.15. The molecule has 0 spiro atoms. The van der Waals surface area contributed by atoms with Gasteiger partial charge in [-0.05, 0) is 40.5 Å². The minimum absolute atomic E-state index is 0. The number of hydrogen-bond acceptors (Lipinski definition) is 3. The first-order chi connectivity index (χ1) is 8.50. The van der Waals surface area contributed by atoms with Crippen molar-refractivity contribution in [3.8, 4) is 0 Å². The summed E-state index contributed by atoms with van der Waals surface area (Å²) in [6.45, 7) is 4.13. The van der Waals surface area contributed by atoms with Crippen LogP contribution in [-0.4, -0.2) is 48.3 Å². The molecule has 120 valence electrons. The van der Waals surface area contributed by atoms with Crippen LogP contribution in [0.5, 0.6) is 0 Å². The molecule has 0 atom stereocenters. The Morgan fingerprint density at radius 1 is 1.35 bits per heavy atom. The lowest BCUT2D eigenvalue weighted by Gasteiger charge is -2.09. The summed E-state index contributed by atoms with van der Waals surface area (Å²) in [7, 11) is 4.08. The lowest BCUT2D eigenvalue weighted by Crippen LogP contribution is -2.21. The molecule has 0 aromatic carbocycles. The Balaban J connectivity index is 0. The number of aromatic nitrogens is 2. The van der Waals surface area contributed by atoms with Crippen molar-refractivity contribution in [1.29, 1.82) is 0 Å². The summed E-state index contributed by atoms with van der Waals surface area (Å²) >= 11 is 0. The molecule has 1 N–H and O–H groups in total. The lowest BCUT2D eigenvalue weighted by molar-refractivity contribution is 0.121. The van der Waals surface area contributed by atoms with Crippen LogP contribution in [0.2, 0.25) is 0 Å². The van der Waals surface area contributed by atoms with E-state index in [-0.39, 0.29) is 31.4 Å². The van der Waals surface area contributed by atoms with E-state index >= 15 is 0 Å². The van der Waals surface area contributed by atoms with Crippen molar-refractivity contribution < 1.29 is 8.78 Å². The highest BCUT2D eigenvalue weighted by Gasteiger charge is 2.10. The normalized spacial score (nSPS) is 10.6. The van der Waals surface area contributed by atoms with Crippen molar-refractivity contribution in [2.75, 3.05) is 27.2 Å². The molecular formula is C12H24Cl2F2N4.